The van der Waals surface area contributed by atoms with E-state index in [-0.39, 0.29) is 17.1 Å². The van der Waals surface area contributed by atoms with Crippen LogP contribution < -0.4 is 4.72 Å². The van der Waals surface area contributed by atoms with Crippen molar-refractivity contribution in [2.45, 2.75) is 25.4 Å². The van der Waals surface area contributed by atoms with Gasteiger partial charge in [-0.2, -0.15) is 5.10 Å². The maximum Gasteiger partial charge on any atom is 0.342 e. The fourth-order valence-corrected chi connectivity index (χ4v) is 3.06. The van der Waals surface area contributed by atoms with Crippen LogP contribution in [0.4, 0.5) is 0 Å². The Morgan fingerprint density at radius 2 is 1.91 bits per heavy atom. The van der Waals surface area contributed by atoms with Crippen molar-refractivity contribution >= 4 is 16.0 Å². The Morgan fingerprint density at radius 3 is 2.50 bits per heavy atom. The van der Waals surface area contributed by atoms with Gasteiger partial charge in [-0.05, 0) is 19.4 Å². The van der Waals surface area contributed by atoms with E-state index in [0.717, 1.165) is 11.1 Å². The van der Waals surface area contributed by atoms with Crippen LogP contribution in [-0.2, 0) is 21.3 Å². The second kappa shape index (κ2) is 6.29. The Hall–Kier alpha value is -2.19. The van der Waals surface area contributed by atoms with E-state index in [1.807, 2.05) is 31.2 Å². The zero-order chi connectivity index (χ0) is 16.3. The third-order valence-corrected chi connectivity index (χ3v) is 4.47. The molecular weight excluding hydrogens is 306 g/mol. The van der Waals surface area contributed by atoms with Crippen molar-refractivity contribution < 1.29 is 17.9 Å². The summed E-state index contributed by atoms with van der Waals surface area (Å²) in [5, 5.41) is 5.84. The van der Waals surface area contributed by atoms with Crippen molar-refractivity contribution in [1.82, 2.24) is 14.9 Å². The number of sulfonamides is 1. The van der Waals surface area contributed by atoms with Crippen LogP contribution in [0.3, 0.4) is 0 Å². The number of benzene rings is 1. The van der Waals surface area contributed by atoms with E-state index >= 15 is 0 Å². The highest BCUT2D eigenvalue weighted by Gasteiger charge is 2.28. The summed E-state index contributed by atoms with van der Waals surface area (Å²) in [7, 11) is -2.74. The van der Waals surface area contributed by atoms with E-state index in [4.69, 9.17) is 0 Å². The van der Waals surface area contributed by atoms with Gasteiger partial charge in [0.25, 0.3) is 10.0 Å². The molecule has 0 fully saturated rings. The van der Waals surface area contributed by atoms with Gasteiger partial charge in [-0.3, -0.25) is 5.10 Å². The van der Waals surface area contributed by atoms with Crippen LogP contribution in [0.1, 0.15) is 27.2 Å². The zero-order valence-electron chi connectivity index (χ0n) is 12.5. The number of nitrogens with one attached hydrogen (secondary N) is 2. The van der Waals surface area contributed by atoms with Gasteiger partial charge in [-0.15, -0.1) is 0 Å². The maximum atomic E-state index is 12.3. The third-order valence-electron chi connectivity index (χ3n) is 3.14. The third kappa shape index (κ3) is 3.34. The van der Waals surface area contributed by atoms with Gasteiger partial charge < -0.3 is 4.74 Å². The molecule has 1 aromatic heterocycles. The molecule has 1 aromatic carbocycles. The lowest BCUT2D eigenvalue weighted by Gasteiger charge is -2.06. The number of carbonyl (C=O) groups excluding carboxylic acids is 1. The number of rotatable bonds is 5. The summed E-state index contributed by atoms with van der Waals surface area (Å²) in [5.74, 6) is -0.748. The van der Waals surface area contributed by atoms with E-state index in [9.17, 15) is 13.2 Å². The Kier molecular flexibility index (Phi) is 4.62. The van der Waals surface area contributed by atoms with Crippen LogP contribution in [0, 0.1) is 13.8 Å². The number of hydrogen-bond donors (Lipinski definition) is 2. The van der Waals surface area contributed by atoms with Gasteiger partial charge in [-0.25, -0.2) is 17.9 Å². The Labute approximate surface area is 128 Å². The predicted octanol–water partition coefficient (Wildman–Crippen LogP) is 1.29. The summed E-state index contributed by atoms with van der Waals surface area (Å²) in [6, 6.07) is 7.44. The molecule has 0 bridgehead atoms. The summed E-state index contributed by atoms with van der Waals surface area (Å²) in [6.45, 7) is 3.61. The normalized spacial score (nSPS) is 11.4. The van der Waals surface area contributed by atoms with Gasteiger partial charge >= 0.3 is 5.97 Å². The number of ether oxygens (including phenoxy) is 1. The summed E-state index contributed by atoms with van der Waals surface area (Å²) in [4.78, 5) is 11.7. The molecule has 0 spiro atoms. The molecule has 0 aliphatic carbocycles. The molecule has 8 heteroatoms. The van der Waals surface area contributed by atoms with E-state index in [2.05, 4.69) is 19.7 Å². The molecule has 2 aromatic rings. The lowest BCUT2D eigenvalue weighted by Crippen LogP contribution is -2.25. The lowest BCUT2D eigenvalue weighted by molar-refractivity contribution is 0.0595. The first-order chi connectivity index (χ1) is 10.3. The summed E-state index contributed by atoms with van der Waals surface area (Å²) in [6.07, 6.45) is 0. The van der Waals surface area contributed by atoms with Crippen LogP contribution in [0.25, 0.3) is 0 Å². The number of hydrogen-bond acceptors (Lipinski definition) is 5. The van der Waals surface area contributed by atoms with Crippen LogP contribution in [0.5, 0.6) is 0 Å². The molecule has 0 saturated carbocycles. The number of carbonyl (C=O) groups is 1. The number of aryl methyl sites for hydroxylation is 2. The van der Waals surface area contributed by atoms with Gasteiger partial charge in [0.1, 0.15) is 5.56 Å². The molecule has 1 heterocycles. The predicted molar refractivity (Wildman–Crippen MR) is 79.9 cm³/mol. The number of aromatic nitrogens is 2. The molecule has 7 nitrogen and oxygen atoms in total. The number of H-pyrrole nitrogens is 1. The van der Waals surface area contributed by atoms with E-state index < -0.39 is 16.0 Å². The molecule has 0 atom stereocenters. The fourth-order valence-electron chi connectivity index (χ4n) is 1.90. The molecule has 0 aliphatic heterocycles. The maximum absolute atomic E-state index is 12.3. The van der Waals surface area contributed by atoms with Crippen LogP contribution in [0.15, 0.2) is 29.3 Å². The molecule has 0 saturated heterocycles. The zero-order valence-corrected chi connectivity index (χ0v) is 13.3. The van der Waals surface area contributed by atoms with Gasteiger partial charge in [0.15, 0.2) is 0 Å². The standard InChI is InChI=1S/C14H17N3O4S/c1-9-4-6-11(7-5-9)8-15-22(19,20)13-12(14(18)21-3)10(2)16-17-13/h4-7,15H,8H2,1-3H3,(H,16,17). The smallest absolute Gasteiger partial charge is 0.342 e. The van der Waals surface area contributed by atoms with Gasteiger partial charge in [0.05, 0.1) is 7.11 Å². The molecule has 2 rings (SSSR count). The molecule has 22 heavy (non-hydrogen) atoms. The highest BCUT2D eigenvalue weighted by atomic mass is 32.2. The molecule has 0 amide bonds. The molecule has 0 aliphatic rings. The van der Waals surface area contributed by atoms with Crippen molar-refractivity contribution in [3.8, 4) is 0 Å². The minimum Gasteiger partial charge on any atom is -0.465 e. The second-order valence-corrected chi connectivity index (χ2v) is 6.51. The second-order valence-electron chi connectivity index (χ2n) is 4.83. The average Bonchev–Trinajstić information content (AvgIpc) is 2.88. The first-order valence-corrected chi connectivity index (χ1v) is 8.02. The van der Waals surface area contributed by atoms with Gasteiger partial charge in [0.2, 0.25) is 5.03 Å². The van der Waals surface area contributed by atoms with Crippen molar-refractivity contribution in [2.75, 3.05) is 7.11 Å². The molecule has 118 valence electrons. The molecule has 0 unspecified atom stereocenters. The average molecular weight is 323 g/mol. The molecule has 0 radical (unpaired) electrons. The summed E-state index contributed by atoms with van der Waals surface area (Å²) >= 11 is 0. The Bertz CT molecular complexity index is 779. The quantitative estimate of drug-likeness (QED) is 0.808. The lowest BCUT2D eigenvalue weighted by atomic mass is 10.2. The number of methoxy groups -OCH3 is 1. The van der Waals surface area contributed by atoms with Crippen molar-refractivity contribution in [2.24, 2.45) is 0 Å². The first kappa shape index (κ1) is 16.2. The van der Waals surface area contributed by atoms with Crippen molar-refractivity contribution in [3.63, 3.8) is 0 Å². The first-order valence-electron chi connectivity index (χ1n) is 6.53. The monoisotopic (exact) mass is 323 g/mol. The summed E-state index contributed by atoms with van der Waals surface area (Å²) < 4.78 is 31.7. The number of esters is 1. The van der Waals surface area contributed by atoms with Gasteiger partial charge in [-0.1, -0.05) is 29.8 Å². The Morgan fingerprint density at radius 1 is 1.27 bits per heavy atom. The highest BCUT2D eigenvalue weighted by Crippen LogP contribution is 2.17. The molecule has 2 N–H and O–H groups in total. The minimum atomic E-state index is -3.93. The largest absolute Gasteiger partial charge is 0.465 e. The van der Waals surface area contributed by atoms with Crippen LogP contribution in [0.2, 0.25) is 0 Å². The Balaban J connectivity index is 2.24. The van der Waals surface area contributed by atoms with E-state index in [0.29, 0.717) is 5.69 Å². The van der Waals surface area contributed by atoms with E-state index in [1.165, 1.54) is 7.11 Å². The SMILES string of the molecule is COC(=O)c1c(S(=O)(=O)NCc2ccc(C)cc2)n[nH]c1C. The minimum absolute atomic E-state index is 0.0843. The van der Waals surface area contributed by atoms with E-state index in [1.54, 1.807) is 6.92 Å². The van der Waals surface area contributed by atoms with Crippen LogP contribution >= 0.6 is 0 Å². The highest BCUT2D eigenvalue weighted by molar-refractivity contribution is 7.89. The fraction of sp³-hybridized carbons (Fsp3) is 0.286. The van der Waals surface area contributed by atoms with Crippen LogP contribution in [-0.4, -0.2) is 31.7 Å². The van der Waals surface area contributed by atoms with Crippen molar-refractivity contribution in [3.05, 3.63) is 46.6 Å². The van der Waals surface area contributed by atoms with Crippen molar-refractivity contribution in [1.29, 1.82) is 0 Å². The topological polar surface area (TPSA) is 101 Å². The number of aromatic amines is 1. The molecular formula is C14H17N3O4S. The van der Waals surface area contributed by atoms with Gasteiger partial charge in [0, 0.05) is 12.2 Å². The summed E-state index contributed by atoms with van der Waals surface area (Å²) in [5.41, 5.74) is 2.14. The number of nitrogens with zero attached hydrogens (tertiary/aromatic N) is 1.